The molecule has 0 spiro atoms. The number of hydrogen-bond acceptors (Lipinski definition) is 2. The molecule has 19 heavy (non-hydrogen) atoms. The van der Waals surface area contributed by atoms with E-state index in [9.17, 15) is 0 Å². The minimum absolute atomic E-state index is 0.848. The average molecular weight is 268 g/mol. The average Bonchev–Trinajstić information content (AvgIpc) is 2.43. The molecule has 0 rings (SSSR count). The van der Waals surface area contributed by atoms with Crippen LogP contribution < -0.4 is 11.1 Å². The highest BCUT2D eigenvalue weighted by Gasteiger charge is 1.92. The summed E-state index contributed by atoms with van der Waals surface area (Å²) in [4.78, 5) is 0. The van der Waals surface area contributed by atoms with E-state index in [0.717, 1.165) is 6.54 Å². The summed E-state index contributed by atoms with van der Waals surface area (Å²) in [6.45, 7) is 6.99. The first-order valence-electron chi connectivity index (χ1n) is 8.43. The van der Waals surface area contributed by atoms with Gasteiger partial charge in [-0.05, 0) is 51.7 Å². The number of hydrogen-bond donors (Lipinski definition) is 2. The summed E-state index contributed by atoms with van der Waals surface area (Å²) in [5.74, 6) is 0. The van der Waals surface area contributed by atoms with Gasteiger partial charge in [0.15, 0.2) is 0 Å². The second-order valence-corrected chi connectivity index (χ2v) is 5.51. The van der Waals surface area contributed by atoms with Crippen LogP contribution in [0.2, 0.25) is 0 Å². The van der Waals surface area contributed by atoms with Gasteiger partial charge in [-0.2, -0.15) is 0 Å². The third-order valence-electron chi connectivity index (χ3n) is 3.57. The number of rotatable bonds is 16. The lowest BCUT2D eigenvalue weighted by atomic mass is 10.1. The molecule has 0 aromatic rings. The van der Waals surface area contributed by atoms with Gasteiger partial charge >= 0.3 is 0 Å². The molecule has 0 aromatic heterocycles. The van der Waals surface area contributed by atoms with Crippen LogP contribution >= 0.6 is 0 Å². The van der Waals surface area contributed by atoms with Crippen molar-refractivity contribution in [3.05, 3.63) is 12.7 Å². The van der Waals surface area contributed by atoms with Crippen molar-refractivity contribution in [1.82, 2.24) is 5.32 Å². The zero-order valence-electron chi connectivity index (χ0n) is 13.0. The number of nitrogens with two attached hydrogens (primary N) is 1. The maximum absolute atomic E-state index is 5.46. The van der Waals surface area contributed by atoms with E-state index < -0.39 is 0 Å². The monoisotopic (exact) mass is 268 g/mol. The first-order valence-corrected chi connectivity index (χ1v) is 8.43. The van der Waals surface area contributed by atoms with E-state index in [-0.39, 0.29) is 0 Å². The smallest absolute Gasteiger partial charge is 0.00489 e. The quantitative estimate of drug-likeness (QED) is 0.321. The second-order valence-electron chi connectivity index (χ2n) is 5.51. The Bertz CT molecular complexity index is 169. The first kappa shape index (κ1) is 18.7. The van der Waals surface area contributed by atoms with Crippen molar-refractivity contribution in [2.45, 2.75) is 77.0 Å². The van der Waals surface area contributed by atoms with Crippen molar-refractivity contribution in [1.29, 1.82) is 0 Å². The van der Waals surface area contributed by atoms with Gasteiger partial charge in [0.25, 0.3) is 0 Å². The first-order chi connectivity index (χ1) is 9.41. The standard InChI is InChI=1S/C17H36N2/c1-2-3-4-5-6-7-8-10-13-16-19-17-14-11-9-12-15-18/h2,19H,1,3-18H2. The molecule has 2 heteroatoms. The molecule has 2 nitrogen and oxygen atoms in total. The van der Waals surface area contributed by atoms with Gasteiger partial charge in [-0.3, -0.25) is 0 Å². The van der Waals surface area contributed by atoms with Crippen LogP contribution in [0.15, 0.2) is 12.7 Å². The minimum atomic E-state index is 0.848. The summed E-state index contributed by atoms with van der Waals surface area (Å²) < 4.78 is 0. The van der Waals surface area contributed by atoms with Crippen molar-refractivity contribution >= 4 is 0 Å². The fraction of sp³-hybridized carbons (Fsp3) is 0.882. The normalized spacial score (nSPS) is 10.8. The third-order valence-corrected chi connectivity index (χ3v) is 3.57. The molecule has 114 valence electrons. The predicted molar refractivity (Wildman–Crippen MR) is 87.5 cm³/mol. The van der Waals surface area contributed by atoms with Crippen LogP contribution in [0.4, 0.5) is 0 Å². The number of unbranched alkanes of at least 4 members (excludes halogenated alkanes) is 10. The van der Waals surface area contributed by atoms with Crippen molar-refractivity contribution in [2.75, 3.05) is 19.6 Å². The largest absolute Gasteiger partial charge is 0.330 e. The van der Waals surface area contributed by atoms with Gasteiger partial charge < -0.3 is 11.1 Å². The van der Waals surface area contributed by atoms with Crippen molar-refractivity contribution in [2.24, 2.45) is 5.73 Å². The molecule has 0 bridgehead atoms. The molecule has 0 unspecified atom stereocenters. The second kappa shape index (κ2) is 17.7. The Labute approximate surface area is 121 Å². The third kappa shape index (κ3) is 17.7. The van der Waals surface area contributed by atoms with Gasteiger partial charge in [0, 0.05) is 0 Å². The Morgan fingerprint density at radius 1 is 0.684 bits per heavy atom. The maximum Gasteiger partial charge on any atom is -0.00489 e. The Morgan fingerprint density at radius 3 is 1.68 bits per heavy atom. The fourth-order valence-electron chi connectivity index (χ4n) is 2.30. The highest BCUT2D eigenvalue weighted by atomic mass is 14.8. The summed E-state index contributed by atoms with van der Waals surface area (Å²) in [6, 6.07) is 0. The molecular weight excluding hydrogens is 232 g/mol. The summed E-state index contributed by atoms with van der Waals surface area (Å²) in [5.41, 5.74) is 5.46. The van der Waals surface area contributed by atoms with Gasteiger partial charge in [-0.15, -0.1) is 6.58 Å². The van der Waals surface area contributed by atoms with E-state index in [0.29, 0.717) is 0 Å². The van der Waals surface area contributed by atoms with Gasteiger partial charge in [-0.25, -0.2) is 0 Å². The summed E-state index contributed by atoms with van der Waals surface area (Å²) >= 11 is 0. The Morgan fingerprint density at radius 2 is 1.16 bits per heavy atom. The van der Waals surface area contributed by atoms with Crippen LogP contribution in [0, 0.1) is 0 Å². The van der Waals surface area contributed by atoms with E-state index in [1.807, 2.05) is 6.08 Å². The molecule has 0 aromatic carbocycles. The molecule has 0 saturated heterocycles. The van der Waals surface area contributed by atoms with Crippen LogP contribution in [0.25, 0.3) is 0 Å². The lowest BCUT2D eigenvalue weighted by Crippen LogP contribution is -2.16. The Kier molecular flexibility index (Phi) is 17.3. The predicted octanol–water partition coefficient (Wildman–Crippen LogP) is 4.40. The van der Waals surface area contributed by atoms with Gasteiger partial charge in [0.2, 0.25) is 0 Å². The zero-order valence-corrected chi connectivity index (χ0v) is 13.0. The molecule has 0 aliphatic heterocycles. The molecule has 3 N–H and O–H groups in total. The molecule has 0 aliphatic carbocycles. The van der Waals surface area contributed by atoms with E-state index in [2.05, 4.69) is 11.9 Å². The van der Waals surface area contributed by atoms with Crippen molar-refractivity contribution in [3.8, 4) is 0 Å². The highest BCUT2D eigenvalue weighted by molar-refractivity contribution is 4.65. The summed E-state index contributed by atoms with van der Waals surface area (Å²) in [5, 5.41) is 3.54. The molecule has 0 amide bonds. The van der Waals surface area contributed by atoms with E-state index in [4.69, 9.17) is 5.73 Å². The van der Waals surface area contributed by atoms with Crippen molar-refractivity contribution < 1.29 is 0 Å². The minimum Gasteiger partial charge on any atom is -0.330 e. The molecule has 0 atom stereocenters. The van der Waals surface area contributed by atoms with E-state index >= 15 is 0 Å². The molecule has 0 aliphatic rings. The maximum atomic E-state index is 5.46. The van der Waals surface area contributed by atoms with E-state index in [1.54, 1.807) is 0 Å². The van der Waals surface area contributed by atoms with Crippen molar-refractivity contribution in [3.63, 3.8) is 0 Å². The van der Waals surface area contributed by atoms with Gasteiger partial charge in [0.05, 0.1) is 0 Å². The lowest BCUT2D eigenvalue weighted by molar-refractivity contribution is 0.543. The van der Waals surface area contributed by atoms with Gasteiger partial charge in [0.1, 0.15) is 0 Å². The lowest BCUT2D eigenvalue weighted by Gasteiger charge is -2.05. The fourth-order valence-corrected chi connectivity index (χ4v) is 2.30. The van der Waals surface area contributed by atoms with E-state index in [1.165, 1.54) is 90.1 Å². The van der Waals surface area contributed by atoms with Gasteiger partial charge in [-0.1, -0.05) is 51.0 Å². The molecule has 0 heterocycles. The molecule has 0 fully saturated rings. The van der Waals surface area contributed by atoms with Crippen LogP contribution in [0.1, 0.15) is 77.0 Å². The zero-order chi connectivity index (χ0) is 14.0. The molecule has 0 saturated carbocycles. The Balaban J connectivity index is 2.89. The van der Waals surface area contributed by atoms with Crippen LogP contribution in [-0.4, -0.2) is 19.6 Å². The van der Waals surface area contributed by atoms with Crippen LogP contribution in [-0.2, 0) is 0 Å². The number of allylic oxidation sites excluding steroid dienone is 1. The molecular formula is C17H36N2. The Hall–Kier alpha value is -0.340. The van der Waals surface area contributed by atoms with Crippen LogP contribution in [0.3, 0.4) is 0 Å². The molecule has 0 radical (unpaired) electrons. The van der Waals surface area contributed by atoms with Crippen LogP contribution in [0.5, 0.6) is 0 Å². The highest BCUT2D eigenvalue weighted by Crippen LogP contribution is 2.08. The number of nitrogens with one attached hydrogen (secondary N) is 1. The summed E-state index contributed by atoms with van der Waals surface area (Å²) in [6.07, 6.45) is 18.0. The SMILES string of the molecule is C=CCCCCCCCCCNCCCCCCN. The topological polar surface area (TPSA) is 38.0 Å². The summed E-state index contributed by atoms with van der Waals surface area (Å²) in [7, 11) is 0.